The van der Waals surface area contributed by atoms with Crippen LogP contribution < -0.4 is 4.80 Å². The largest absolute Gasteiger partial charge is 0.376 e. The summed E-state index contributed by atoms with van der Waals surface area (Å²) in [5.74, 6) is 0. The molecule has 0 N–H and O–H groups in total. The minimum absolute atomic E-state index is 0.301. The number of rotatable bonds is 4. The molecule has 0 spiro atoms. The molecule has 0 saturated carbocycles. The van der Waals surface area contributed by atoms with Gasteiger partial charge in [0.25, 0.3) is 0 Å². The van der Waals surface area contributed by atoms with Crippen molar-refractivity contribution in [2.75, 3.05) is 6.61 Å². The third-order valence-electron chi connectivity index (χ3n) is 4.24. The van der Waals surface area contributed by atoms with Crippen LogP contribution in [-0.2, 0) is 11.3 Å². The minimum atomic E-state index is 0.301. The van der Waals surface area contributed by atoms with Gasteiger partial charge in [-0.15, -0.1) is 22.7 Å². The Morgan fingerprint density at radius 1 is 1.21 bits per heavy atom. The lowest BCUT2D eigenvalue weighted by Crippen LogP contribution is -2.23. The SMILES string of the molecule is Cc1ccc(N=c2scc(-c3cccs3)n2CC2CCCO2)cc1. The predicted molar refractivity (Wildman–Crippen MR) is 101 cm³/mol. The first-order chi connectivity index (χ1) is 11.8. The van der Waals surface area contributed by atoms with Crippen molar-refractivity contribution in [3.63, 3.8) is 0 Å². The van der Waals surface area contributed by atoms with Gasteiger partial charge in [-0.1, -0.05) is 23.8 Å². The lowest BCUT2D eigenvalue weighted by atomic mass is 10.2. The fourth-order valence-corrected chi connectivity index (χ4v) is 4.69. The van der Waals surface area contributed by atoms with Crippen LogP contribution in [0.1, 0.15) is 18.4 Å². The Labute approximate surface area is 149 Å². The second-order valence-electron chi connectivity index (χ2n) is 6.07. The van der Waals surface area contributed by atoms with Crippen molar-refractivity contribution >= 4 is 28.4 Å². The van der Waals surface area contributed by atoms with E-state index in [1.807, 2.05) is 0 Å². The molecule has 3 nitrogen and oxygen atoms in total. The highest BCUT2D eigenvalue weighted by atomic mass is 32.1. The maximum atomic E-state index is 5.87. The van der Waals surface area contributed by atoms with Gasteiger partial charge < -0.3 is 9.30 Å². The highest BCUT2D eigenvalue weighted by molar-refractivity contribution is 7.14. The summed E-state index contributed by atoms with van der Waals surface area (Å²) >= 11 is 3.48. The van der Waals surface area contributed by atoms with Crippen LogP contribution >= 0.6 is 22.7 Å². The van der Waals surface area contributed by atoms with Crippen molar-refractivity contribution in [3.05, 3.63) is 57.5 Å². The second-order valence-corrected chi connectivity index (χ2v) is 7.86. The predicted octanol–water partition coefficient (Wildman–Crippen LogP) is 5.00. The van der Waals surface area contributed by atoms with Gasteiger partial charge in [-0.2, -0.15) is 0 Å². The molecule has 3 heterocycles. The number of benzene rings is 1. The highest BCUT2D eigenvalue weighted by Crippen LogP contribution is 2.27. The lowest BCUT2D eigenvalue weighted by molar-refractivity contribution is 0.0968. The van der Waals surface area contributed by atoms with E-state index in [-0.39, 0.29) is 0 Å². The highest BCUT2D eigenvalue weighted by Gasteiger charge is 2.19. The van der Waals surface area contributed by atoms with Crippen LogP contribution in [0, 0.1) is 6.92 Å². The Hall–Kier alpha value is -1.69. The van der Waals surface area contributed by atoms with Gasteiger partial charge in [0.2, 0.25) is 0 Å². The van der Waals surface area contributed by atoms with Crippen LogP contribution in [0.15, 0.2) is 52.2 Å². The number of hydrogen-bond donors (Lipinski definition) is 0. The van der Waals surface area contributed by atoms with E-state index in [9.17, 15) is 0 Å². The van der Waals surface area contributed by atoms with Crippen molar-refractivity contribution in [3.8, 4) is 10.6 Å². The zero-order valence-corrected chi connectivity index (χ0v) is 15.3. The van der Waals surface area contributed by atoms with Crippen molar-refractivity contribution < 1.29 is 4.74 Å². The van der Waals surface area contributed by atoms with Gasteiger partial charge in [-0.05, 0) is 43.3 Å². The van der Waals surface area contributed by atoms with Crippen LogP contribution in [-0.4, -0.2) is 17.3 Å². The minimum Gasteiger partial charge on any atom is -0.376 e. The van der Waals surface area contributed by atoms with E-state index in [1.54, 1.807) is 22.7 Å². The summed E-state index contributed by atoms with van der Waals surface area (Å²) in [4.78, 5) is 7.21. The van der Waals surface area contributed by atoms with Crippen LogP contribution in [0.3, 0.4) is 0 Å². The summed E-state index contributed by atoms with van der Waals surface area (Å²) in [6, 6.07) is 12.7. The molecule has 0 bridgehead atoms. The number of aromatic nitrogens is 1. The fourth-order valence-electron chi connectivity index (χ4n) is 2.94. The number of nitrogens with zero attached hydrogens (tertiary/aromatic N) is 2. The number of thiophene rings is 1. The first-order valence-electron chi connectivity index (χ1n) is 8.25. The number of aryl methyl sites for hydroxylation is 1. The third-order valence-corrected chi connectivity index (χ3v) is 6.00. The molecule has 124 valence electrons. The molecule has 1 aromatic carbocycles. The van der Waals surface area contributed by atoms with E-state index in [2.05, 4.69) is 58.6 Å². The van der Waals surface area contributed by atoms with Crippen LogP contribution in [0.4, 0.5) is 5.69 Å². The summed E-state index contributed by atoms with van der Waals surface area (Å²) in [5.41, 5.74) is 3.50. The van der Waals surface area contributed by atoms with E-state index in [1.165, 1.54) is 16.1 Å². The molecule has 1 aliphatic heterocycles. The monoisotopic (exact) mass is 356 g/mol. The van der Waals surface area contributed by atoms with Crippen molar-refractivity contribution in [1.29, 1.82) is 0 Å². The molecule has 1 aliphatic rings. The van der Waals surface area contributed by atoms with Gasteiger partial charge in [-0.3, -0.25) is 0 Å². The molecular formula is C19H20N2OS2. The van der Waals surface area contributed by atoms with Crippen LogP contribution in [0.25, 0.3) is 10.6 Å². The number of ether oxygens (including phenoxy) is 1. The van der Waals surface area contributed by atoms with E-state index in [0.29, 0.717) is 6.10 Å². The molecule has 0 amide bonds. The molecule has 1 saturated heterocycles. The first kappa shape index (κ1) is 15.8. The standard InChI is InChI=1S/C19H20N2OS2/c1-14-6-8-15(9-7-14)20-19-21(12-16-4-2-10-22-16)17(13-24-19)18-5-3-11-23-18/h3,5-9,11,13,16H,2,4,10,12H2,1H3. The summed E-state index contributed by atoms with van der Waals surface area (Å²) in [6.07, 6.45) is 2.60. The molecule has 1 unspecified atom stereocenters. The molecule has 1 atom stereocenters. The van der Waals surface area contributed by atoms with Crippen molar-refractivity contribution in [1.82, 2.24) is 4.57 Å². The van der Waals surface area contributed by atoms with Gasteiger partial charge in [-0.25, -0.2) is 4.99 Å². The zero-order valence-electron chi connectivity index (χ0n) is 13.6. The van der Waals surface area contributed by atoms with E-state index in [4.69, 9.17) is 9.73 Å². The van der Waals surface area contributed by atoms with Crippen molar-refractivity contribution in [2.45, 2.75) is 32.4 Å². The molecule has 0 radical (unpaired) electrons. The van der Waals surface area contributed by atoms with Gasteiger partial charge in [0, 0.05) is 12.0 Å². The summed E-state index contributed by atoms with van der Waals surface area (Å²) in [7, 11) is 0. The molecular weight excluding hydrogens is 336 g/mol. The molecule has 5 heteroatoms. The fraction of sp³-hybridized carbons (Fsp3) is 0.316. The molecule has 3 aromatic rings. The third kappa shape index (κ3) is 3.38. The van der Waals surface area contributed by atoms with Gasteiger partial charge in [0.05, 0.1) is 28.9 Å². The average molecular weight is 357 g/mol. The van der Waals surface area contributed by atoms with E-state index in [0.717, 1.165) is 36.5 Å². The van der Waals surface area contributed by atoms with Gasteiger partial charge in [0.1, 0.15) is 0 Å². The Morgan fingerprint density at radius 3 is 2.79 bits per heavy atom. The van der Waals surface area contributed by atoms with Gasteiger partial charge >= 0.3 is 0 Å². The number of thiazole rings is 1. The Bertz CT molecular complexity index is 854. The topological polar surface area (TPSA) is 26.5 Å². The first-order valence-corrected chi connectivity index (χ1v) is 10.0. The molecule has 24 heavy (non-hydrogen) atoms. The molecule has 1 fully saturated rings. The normalized spacial score (nSPS) is 18.4. The van der Waals surface area contributed by atoms with Crippen molar-refractivity contribution in [2.24, 2.45) is 4.99 Å². The Balaban J connectivity index is 1.76. The molecule has 0 aliphatic carbocycles. The summed E-state index contributed by atoms with van der Waals surface area (Å²) in [5, 5.41) is 4.34. The average Bonchev–Trinajstić information content (AvgIpc) is 3.33. The summed E-state index contributed by atoms with van der Waals surface area (Å²) in [6.45, 7) is 3.86. The number of hydrogen-bond acceptors (Lipinski definition) is 4. The smallest absolute Gasteiger partial charge is 0.190 e. The maximum Gasteiger partial charge on any atom is 0.190 e. The lowest BCUT2D eigenvalue weighted by Gasteiger charge is -2.13. The van der Waals surface area contributed by atoms with E-state index < -0.39 is 0 Å². The van der Waals surface area contributed by atoms with Crippen LogP contribution in [0.2, 0.25) is 0 Å². The Kier molecular flexibility index (Phi) is 4.65. The van der Waals surface area contributed by atoms with E-state index >= 15 is 0 Å². The zero-order chi connectivity index (χ0) is 16.4. The molecule has 4 rings (SSSR count). The van der Waals surface area contributed by atoms with Gasteiger partial charge in [0.15, 0.2) is 4.80 Å². The quantitative estimate of drug-likeness (QED) is 0.646. The summed E-state index contributed by atoms with van der Waals surface area (Å²) < 4.78 is 8.19. The van der Waals surface area contributed by atoms with Crippen LogP contribution in [0.5, 0.6) is 0 Å². The molecule has 2 aromatic heterocycles. The Morgan fingerprint density at radius 2 is 2.08 bits per heavy atom. The maximum absolute atomic E-state index is 5.87. The second kappa shape index (κ2) is 7.05.